The SMILES string of the molecule is Cc1ccc(Cn2c(C(=O)O)cc3cc(C)ccc32)cc1. The third-order valence-electron chi connectivity index (χ3n) is 3.74. The normalized spacial score (nSPS) is 11.0. The van der Waals surface area contributed by atoms with E-state index in [4.69, 9.17) is 0 Å². The summed E-state index contributed by atoms with van der Waals surface area (Å²) in [6, 6.07) is 16.0. The highest BCUT2D eigenvalue weighted by molar-refractivity contribution is 5.94. The van der Waals surface area contributed by atoms with Crippen molar-refractivity contribution in [3.63, 3.8) is 0 Å². The van der Waals surface area contributed by atoms with Gasteiger partial charge in [-0.25, -0.2) is 4.79 Å². The quantitative estimate of drug-likeness (QED) is 0.787. The van der Waals surface area contributed by atoms with E-state index in [1.165, 1.54) is 5.56 Å². The number of aromatic nitrogens is 1. The molecule has 0 unspecified atom stereocenters. The molecule has 2 aromatic carbocycles. The maximum atomic E-state index is 11.5. The summed E-state index contributed by atoms with van der Waals surface area (Å²) >= 11 is 0. The molecule has 1 N–H and O–H groups in total. The molecule has 1 heterocycles. The van der Waals surface area contributed by atoms with Crippen molar-refractivity contribution in [2.45, 2.75) is 20.4 Å². The Morgan fingerprint density at radius 2 is 1.67 bits per heavy atom. The van der Waals surface area contributed by atoms with Crippen molar-refractivity contribution >= 4 is 16.9 Å². The van der Waals surface area contributed by atoms with E-state index >= 15 is 0 Å². The minimum absolute atomic E-state index is 0.330. The van der Waals surface area contributed by atoms with Gasteiger partial charge in [0.25, 0.3) is 0 Å². The molecule has 106 valence electrons. The number of carboxylic acids is 1. The molecule has 1 aromatic heterocycles. The molecule has 0 bridgehead atoms. The van der Waals surface area contributed by atoms with Crippen LogP contribution in [0.4, 0.5) is 0 Å². The Kier molecular flexibility index (Phi) is 3.26. The van der Waals surface area contributed by atoms with Gasteiger partial charge in [0.05, 0.1) is 0 Å². The van der Waals surface area contributed by atoms with Crippen LogP contribution in [0.3, 0.4) is 0 Å². The molecular weight excluding hydrogens is 262 g/mol. The van der Waals surface area contributed by atoms with E-state index in [9.17, 15) is 9.90 Å². The van der Waals surface area contributed by atoms with Gasteiger partial charge in [-0.3, -0.25) is 0 Å². The van der Waals surface area contributed by atoms with Crippen LogP contribution in [0, 0.1) is 13.8 Å². The van der Waals surface area contributed by atoms with Crippen LogP contribution in [0.5, 0.6) is 0 Å². The number of carboxylic acid groups (broad SMARTS) is 1. The van der Waals surface area contributed by atoms with Crippen molar-refractivity contribution < 1.29 is 9.90 Å². The number of carbonyl (C=O) groups is 1. The molecule has 3 aromatic rings. The summed E-state index contributed by atoms with van der Waals surface area (Å²) in [5, 5.41) is 10.4. The molecule has 3 rings (SSSR count). The van der Waals surface area contributed by atoms with E-state index in [0.29, 0.717) is 12.2 Å². The molecule has 0 saturated carbocycles. The maximum absolute atomic E-state index is 11.5. The van der Waals surface area contributed by atoms with E-state index in [-0.39, 0.29) is 0 Å². The first-order valence-electron chi connectivity index (χ1n) is 6.93. The second kappa shape index (κ2) is 5.09. The number of hydrogen-bond acceptors (Lipinski definition) is 1. The molecule has 0 saturated heterocycles. The average molecular weight is 279 g/mol. The summed E-state index contributed by atoms with van der Waals surface area (Å²) in [6.45, 7) is 4.62. The van der Waals surface area contributed by atoms with Gasteiger partial charge >= 0.3 is 5.97 Å². The third-order valence-corrected chi connectivity index (χ3v) is 3.74. The van der Waals surface area contributed by atoms with E-state index in [0.717, 1.165) is 22.0 Å². The molecule has 0 aliphatic heterocycles. The Balaban J connectivity index is 2.13. The first-order chi connectivity index (χ1) is 10.0. The summed E-state index contributed by atoms with van der Waals surface area (Å²) in [4.78, 5) is 11.5. The van der Waals surface area contributed by atoms with Crippen LogP contribution in [-0.4, -0.2) is 15.6 Å². The minimum Gasteiger partial charge on any atom is -0.477 e. The van der Waals surface area contributed by atoms with Crippen molar-refractivity contribution in [2.75, 3.05) is 0 Å². The molecule has 0 amide bonds. The third kappa shape index (κ3) is 2.55. The average Bonchev–Trinajstić information content (AvgIpc) is 2.79. The molecule has 3 heteroatoms. The van der Waals surface area contributed by atoms with Gasteiger partial charge < -0.3 is 9.67 Å². The Labute approximate surface area is 123 Å². The van der Waals surface area contributed by atoms with E-state index in [1.807, 2.05) is 60.9 Å². The molecule has 0 radical (unpaired) electrons. The van der Waals surface area contributed by atoms with Crippen LogP contribution in [0.25, 0.3) is 10.9 Å². The molecule has 0 aliphatic rings. The molecule has 0 spiro atoms. The topological polar surface area (TPSA) is 42.2 Å². The number of nitrogens with zero attached hydrogens (tertiary/aromatic N) is 1. The van der Waals surface area contributed by atoms with Gasteiger partial charge in [-0.1, -0.05) is 41.5 Å². The zero-order chi connectivity index (χ0) is 15.0. The molecule has 0 aliphatic carbocycles. The second-order valence-corrected chi connectivity index (χ2v) is 5.47. The largest absolute Gasteiger partial charge is 0.477 e. The van der Waals surface area contributed by atoms with Crippen molar-refractivity contribution in [2.24, 2.45) is 0 Å². The molecular formula is C18H17NO2. The van der Waals surface area contributed by atoms with Crippen LogP contribution < -0.4 is 0 Å². The van der Waals surface area contributed by atoms with E-state index < -0.39 is 5.97 Å². The lowest BCUT2D eigenvalue weighted by atomic mass is 10.1. The Bertz CT molecular complexity index is 813. The second-order valence-electron chi connectivity index (χ2n) is 5.47. The van der Waals surface area contributed by atoms with Crippen LogP contribution in [-0.2, 0) is 6.54 Å². The van der Waals surface area contributed by atoms with Crippen molar-refractivity contribution in [1.82, 2.24) is 4.57 Å². The van der Waals surface area contributed by atoms with Gasteiger partial charge in [-0.2, -0.15) is 0 Å². The lowest BCUT2D eigenvalue weighted by molar-refractivity contribution is 0.0686. The Morgan fingerprint density at radius 3 is 2.33 bits per heavy atom. The Hall–Kier alpha value is -2.55. The van der Waals surface area contributed by atoms with E-state index in [2.05, 4.69) is 0 Å². The molecule has 21 heavy (non-hydrogen) atoms. The van der Waals surface area contributed by atoms with Crippen molar-refractivity contribution in [3.8, 4) is 0 Å². The van der Waals surface area contributed by atoms with Gasteiger partial charge in [0, 0.05) is 17.4 Å². The monoisotopic (exact) mass is 279 g/mol. The summed E-state index contributed by atoms with van der Waals surface area (Å²) in [5.41, 5.74) is 4.72. The van der Waals surface area contributed by atoms with Crippen LogP contribution >= 0.6 is 0 Å². The van der Waals surface area contributed by atoms with E-state index in [1.54, 1.807) is 6.07 Å². The van der Waals surface area contributed by atoms with Gasteiger partial charge in [0.2, 0.25) is 0 Å². The predicted molar refractivity (Wildman–Crippen MR) is 83.9 cm³/mol. The first-order valence-corrected chi connectivity index (χ1v) is 6.93. The molecule has 0 atom stereocenters. The highest BCUT2D eigenvalue weighted by Crippen LogP contribution is 2.23. The maximum Gasteiger partial charge on any atom is 0.352 e. The van der Waals surface area contributed by atoms with Gasteiger partial charge in [-0.05, 0) is 37.6 Å². The van der Waals surface area contributed by atoms with Crippen LogP contribution in [0.2, 0.25) is 0 Å². The number of fused-ring (bicyclic) bond motifs is 1. The fourth-order valence-corrected chi connectivity index (χ4v) is 2.61. The summed E-state index contributed by atoms with van der Waals surface area (Å²) < 4.78 is 1.86. The lowest BCUT2D eigenvalue weighted by Crippen LogP contribution is -2.09. The molecule has 0 fully saturated rings. The summed E-state index contributed by atoms with van der Waals surface area (Å²) in [7, 11) is 0. The highest BCUT2D eigenvalue weighted by atomic mass is 16.4. The Morgan fingerprint density at radius 1 is 1.00 bits per heavy atom. The minimum atomic E-state index is -0.893. The van der Waals surface area contributed by atoms with Crippen molar-refractivity contribution in [3.05, 3.63) is 70.9 Å². The summed E-state index contributed by atoms with van der Waals surface area (Å²) in [5.74, 6) is -0.893. The van der Waals surface area contributed by atoms with Crippen LogP contribution in [0.1, 0.15) is 27.2 Å². The standard InChI is InChI=1S/C18H17NO2/c1-12-3-6-14(7-4-12)11-19-16-8-5-13(2)9-15(16)10-17(19)18(20)21/h3-10H,11H2,1-2H3,(H,20,21). The van der Waals surface area contributed by atoms with Gasteiger partial charge in [0.15, 0.2) is 0 Å². The van der Waals surface area contributed by atoms with Gasteiger partial charge in [0.1, 0.15) is 5.69 Å². The number of benzene rings is 2. The smallest absolute Gasteiger partial charge is 0.352 e. The van der Waals surface area contributed by atoms with Crippen molar-refractivity contribution in [1.29, 1.82) is 0 Å². The predicted octanol–water partition coefficient (Wildman–Crippen LogP) is 4.00. The highest BCUT2D eigenvalue weighted by Gasteiger charge is 2.14. The lowest BCUT2D eigenvalue weighted by Gasteiger charge is -2.09. The molecule has 3 nitrogen and oxygen atoms in total. The van der Waals surface area contributed by atoms with Crippen LogP contribution in [0.15, 0.2) is 48.5 Å². The number of aryl methyl sites for hydroxylation is 2. The zero-order valence-electron chi connectivity index (χ0n) is 12.1. The first kappa shape index (κ1) is 13.4. The zero-order valence-corrected chi connectivity index (χ0v) is 12.1. The number of aromatic carboxylic acids is 1. The number of rotatable bonds is 3. The fourth-order valence-electron chi connectivity index (χ4n) is 2.61. The van der Waals surface area contributed by atoms with Gasteiger partial charge in [-0.15, -0.1) is 0 Å². The number of hydrogen-bond donors (Lipinski definition) is 1. The summed E-state index contributed by atoms with van der Waals surface area (Å²) in [6.07, 6.45) is 0. The fraction of sp³-hybridized carbons (Fsp3) is 0.167.